The second kappa shape index (κ2) is 6.16. The molecule has 0 saturated carbocycles. The molecule has 0 atom stereocenters. The van der Waals surface area contributed by atoms with Gasteiger partial charge in [-0.05, 0) is 36.0 Å². The van der Waals surface area contributed by atoms with Crippen LogP contribution in [-0.2, 0) is 13.0 Å². The van der Waals surface area contributed by atoms with Crippen LogP contribution in [0.15, 0.2) is 36.4 Å². The van der Waals surface area contributed by atoms with Crippen LogP contribution in [0.25, 0.3) is 10.8 Å². The van der Waals surface area contributed by atoms with Gasteiger partial charge in [0.05, 0.1) is 5.69 Å². The highest BCUT2D eigenvalue weighted by atomic mass is 35.5. The van der Waals surface area contributed by atoms with Gasteiger partial charge in [0.2, 0.25) is 0 Å². The number of thiazole rings is 1. The maximum Gasteiger partial charge on any atom is 0.258 e. The summed E-state index contributed by atoms with van der Waals surface area (Å²) in [6, 6.07) is 11.2. The van der Waals surface area contributed by atoms with Gasteiger partial charge in [-0.25, -0.2) is 4.98 Å². The molecule has 2 aromatic carbocycles. The average Bonchev–Trinajstić information content (AvgIpc) is 2.95. The lowest BCUT2D eigenvalue weighted by atomic mass is 10.0. The Balaban J connectivity index is 1.63. The van der Waals surface area contributed by atoms with Gasteiger partial charge < -0.3 is 4.90 Å². The van der Waals surface area contributed by atoms with Crippen molar-refractivity contribution in [3.63, 3.8) is 0 Å². The number of fused-ring (bicyclic) bond motifs is 2. The molecule has 6 heteroatoms. The van der Waals surface area contributed by atoms with Gasteiger partial charge in [0.15, 0.2) is 5.13 Å². The third-order valence-corrected chi connectivity index (χ3v) is 5.46. The molecule has 2 heterocycles. The van der Waals surface area contributed by atoms with Gasteiger partial charge in [-0.3, -0.25) is 10.1 Å². The highest BCUT2D eigenvalue weighted by molar-refractivity contribution is 7.15. The number of amides is 1. The zero-order valence-corrected chi connectivity index (χ0v) is 14.7. The number of nitrogens with one attached hydrogen (secondary N) is 1. The molecular formula is C18H16ClN3OS. The number of nitrogens with zero attached hydrogens (tertiary/aromatic N) is 2. The summed E-state index contributed by atoms with van der Waals surface area (Å²) in [6.07, 6.45) is 0.935. The van der Waals surface area contributed by atoms with E-state index < -0.39 is 0 Å². The first-order chi connectivity index (χ1) is 11.6. The fourth-order valence-corrected chi connectivity index (χ4v) is 4.26. The van der Waals surface area contributed by atoms with Crippen LogP contribution in [0.4, 0.5) is 5.13 Å². The quantitative estimate of drug-likeness (QED) is 0.748. The number of aromatic nitrogens is 1. The predicted molar refractivity (Wildman–Crippen MR) is 99.1 cm³/mol. The molecule has 4 nitrogen and oxygen atoms in total. The van der Waals surface area contributed by atoms with Crippen molar-refractivity contribution < 1.29 is 4.79 Å². The van der Waals surface area contributed by atoms with Crippen LogP contribution in [0.5, 0.6) is 0 Å². The van der Waals surface area contributed by atoms with E-state index in [2.05, 4.69) is 22.2 Å². The van der Waals surface area contributed by atoms with Crippen LogP contribution in [0.1, 0.15) is 20.9 Å². The summed E-state index contributed by atoms with van der Waals surface area (Å²) in [6.45, 7) is 1.91. The number of carbonyl (C=O) groups is 1. The second-order valence-electron chi connectivity index (χ2n) is 6.00. The van der Waals surface area contributed by atoms with E-state index in [1.165, 1.54) is 4.88 Å². The summed E-state index contributed by atoms with van der Waals surface area (Å²) in [7, 11) is 2.10. The van der Waals surface area contributed by atoms with Crippen molar-refractivity contribution >= 4 is 44.7 Å². The van der Waals surface area contributed by atoms with Gasteiger partial charge in [0, 0.05) is 35.0 Å². The zero-order chi connectivity index (χ0) is 16.7. The van der Waals surface area contributed by atoms with E-state index in [-0.39, 0.29) is 5.91 Å². The summed E-state index contributed by atoms with van der Waals surface area (Å²) in [4.78, 5) is 20.8. The largest absolute Gasteiger partial charge is 0.301 e. The van der Waals surface area contributed by atoms with Crippen molar-refractivity contribution in [1.82, 2.24) is 9.88 Å². The topological polar surface area (TPSA) is 45.2 Å². The molecule has 4 rings (SSSR count). The molecule has 0 aliphatic carbocycles. The van der Waals surface area contributed by atoms with E-state index in [1.54, 1.807) is 17.4 Å². The van der Waals surface area contributed by atoms with Crippen molar-refractivity contribution in [1.29, 1.82) is 0 Å². The van der Waals surface area contributed by atoms with Crippen LogP contribution in [0.3, 0.4) is 0 Å². The van der Waals surface area contributed by atoms with E-state index in [0.717, 1.165) is 36.0 Å². The Bertz CT molecular complexity index is 937. The van der Waals surface area contributed by atoms with Crippen LogP contribution in [0.2, 0.25) is 5.02 Å². The summed E-state index contributed by atoms with van der Waals surface area (Å²) in [5, 5.41) is 6.13. The van der Waals surface area contributed by atoms with E-state index in [0.29, 0.717) is 15.7 Å². The molecule has 0 spiro atoms. The lowest BCUT2D eigenvalue weighted by molar-refractivity contribution is 0.102. The maximum absolute atomic E-state index is 12.7. The van der Waals surface area contributed by atoms with Gasteiger partial charge >= 0.3 is 0 Å². The first-order valence-electron chi connectivity index (χ1n) is 7.77. The van der Waals surface area contributed by atoms with Gasteiger partial charge in [-0.2, -0.15) is 0 Å². The molecule has 1 aliphatic heterocycles. The summed E-state index contributed by atoms with van der Waals surface area (Å²) < 4.78 is 0. The van der Waals surface area contributed by atoms with E-state index in [4.69, 9.17) is 11.6 Å². The molecule has 24 heavy (non-hydrogen) atoms. The number of anilines is 1. The molecule has 1 N–H and O–H groups in total. The molecule has 3 aromatic rings. The highest BCUT2D eigenvalue weighted by Crippen LogP contribution is 2.29. The normalized spacial score (nSPS) is 14.6. The standard InChI is InChI=1S/C18H16ClN3OS/c1-22-8-7-15-16(10-22)24-18(20-15)21-17(23)14-4-2-3-11-9-12(19)5-6-13(11)14/h2-6,9H,7-8,10H2,1H3,(H,20,21,23). The smallest absolute Gasteiger partial charge is 0.258 e. The van der Waals surface area contributed by atoms with Crippen LogP contribution < -0.4 is 5.32 Å². The van der Waals surface area contributed by atoms with Crippen molar-refractivity contribution in [2.45, 2.75) is 13.0 Å². The van der Waals surface area contributed by atoms with E-state index >= 15 is 0 Å². The van der Waals surface area contributed by atoms with Crippen LogP contribution >= 0.6 is 22.9 Å². The third kappa shape index (κ3) is 2.90. The number of hydrogen-bond acceptors (Lipinski definition) is 4. The highest BCUT2D eigenvalue weighted by Gasteiger charge is 2.20. The number of hydrogen-bond donors (Lipinski definition) is 1. The van der Waals surface area contributed by atoms with Gasteiger partial charge in [-0.1, -0.05) is 29.8 Å². The first-order valence-corrected chi connectivity index (χ1v) is 8.96. The number of carbonyl (C=O) groups excluding carboxylic acids is 1. The molecule has 1 aromatic heterocycles. The SMILES string of the molecule is CN1CCc2nc(NC(=O)c3cccc4cc(Cl)ccc34)sc2C1. The lowest BCUT2D eigenvalue weighted by Gasteiger charge is -2.20. The minimum Gasteiger partial charge on any atom is -0.301 e. The Morgan fingerprint density at radius 3 is 3.08 bits per heavy atom. The fraction of sp³-hybridized carbons (Fsp3) is 0.222. The van der Waals surface area contributed by atoms with Crippen molar-refractivity contribution in [3.8, 4) is 0 Å². The molecule has 0 fully saturated rings. The van der Waals surface area contributed by atoms with Crippen molar-refractivity contribution in [2.24, 2.45) is 0 Å². The van der Waals surface area contributed by atoms with Gasteiger partial charge in [0.1, 0.15) is 0 Å². The lowest BCUT2D eigenvalue weighted by Crippen LogP contribution is -2.25. The summed E-state index contributed by atoms with van der Waals surface area (Å²) >= 11 is 7.60. The number of benzene rings is 2. The monoisotopic (exact) mass is 357 g/mol. The molecule has 1 amide bonds. The van der Waals surface area contributed by atoms with E-state index in [9.17, 15) is 4.79 Å². The number of likely N-dealkylation sites (N-methyl/N-ethyl adjacent to an activating group) is 1. The third-order valence-electron chi connectivity index (χ3n) is 4.23. The fourth-order valence-electron chi connectivity index (χ4n) is 2.99. The minimum absolute atomic E-state index is 0.137. The van der Waals surface area contributed by atoms with Crippen molar-refractivity contribution in [2.75, 3.05) is 18.9 Å². The Morgan fingerprint density at radius 1 is 1.33 bits per heavy atom. The van der Waals surface area contributed by atoms with Gasteiger partial charge in [-0.15, -0.1) is 11.3 Å². The van der Waals surface area contributed by atoms with E-state index in [1.807, 2.05) is 30.3 Å². The average molecular weight is 358 g/mol. The molecule has 0 saturated heterocycles. The molecule has 0 bridgehead atoms. The second-order valence-corrected chi connectivity index (χ2v) is 7.52. The molecule has 122 valence electrons. The van der Waals surface area contributed by atoms with Crippen LogP contribution in [0, 0.1) is 0 Å². The summed E-state index contributed by atoms with van der Waals surface area (Å²) in [5.41, 5.74) is 1.74. The number of rotatable bonds is 2. The zero-order valence-electron chi connectivity index (χ0n) is 13.2. The van der Waals surface area contributed by atoms with Crippen molar-refractivity contribution in [3.05, 3.63) is 57.6 Å². The Hall–Kier alpha value is -1.95. The molecule has 0 radical (unpaired) electrons. The molecule has 1 aliphatic rings. The Kier molecular flexibility index (Phi) is 4.00. The van der Waals surface area contributed by atoms with Crippen LogP contribution in [-0.4, -0.2) is 29.4 Å². The number of halogens is 1. The predicted octanol–water partition coefficient (Wildman–Crippen LogP) is 4.19. The first kappa shape index (κ1) is 15.6. The Morgan fingerprint density at radius 2 is 2.21 bits per heavy atom. The molecule has 0 unspecified atom stereocenters. The Labute approximate surface area is 149 Å². The maximum atomic E-state index is 12.7. The molecular weight excluding hydrogens is 342 g/mol. The summed E-state index contributed by atoms with van der Waals surface area (Å²) in [5.74, 6) is -0.137. The minimum atomic E-state index is -0.137. The van der Waals surface area contributed by atoms with Gasteiger partial charge in [0.25, 0.3) is 5.91 Å².